The van der Waals surface area contributed by atoms with Gasteiger partial charge in [0.2, 0.25) is 17.7 Å². The van der Waals surface area contributed by atoms with Crippen LogP contribution in [0.15, 0.2) is 60.8 Å². The van der Waals surface area contributed by atoms with E-state index in [1.807, 2.05) is 44.2 Å². The van der Waals surface area contributed by atoms with E-state index in [9.17, 15) is 24.3 Å². The Kier molecular flexibility index (Phi) is 10.0. The van der Waals surface area contributed by atoms with Crippen molar-refractivity contribution in [3.8, 4) is 0 Å². The van der Waals surface area contributed by atoms with Gasteiger partial charge in [0.05, 0.1) is 12.6 Å². The monoisotopic (exact) mass is 521 g/mol. The Hall–Kier alpha value is -4.18. The average molecular weight is 522 g/mol. The number of H-pyrrole nitrogens is 1. The first-order valence-electron chi connectivity index (χ1n) is 12.6. The van der Waals surface area contributed by atoms with Crippen molar-refractivity contribution in [1.29, 1.82) is 0 Å². The molecule has 4 atom stereocenters. The van der Waals surface area contributed by atoms with E-state index in [2.05, 4.69) is 20.9 Å². The van der Waals surface area contributed by atoms with Crippen LogP contribution in [0.3, 0.4) is 0 Å². The molecule has 3 aromatic rings. The molecule has 0 bridgehead atoms. The Morgan fingerprint density at radius 3 is 2.29 bits per heavy atom. The Morgan fingerprint density at radius 1 is 0.921 bits per heavy atom. The molecule has 0 aliphatic rings. The summed E-state index contributed by atoms with van der Waals surface area (Å²) in [7, 11) is 0. The van der Waals surface area contributed by atoms with Crippen LogP contribution in [0.25, 0.3) is 10.9 Å². The molecule has 0 radical (unpaired) electrons. The number of carboxylic acid groups (broad SMARTS) is 1. The van der Waals surface area contributed by atoms with Crippen molar-refractivity contribution in [3.05, 3.63) is 71.9 Å². The number of carbonyl (C=O) groups excluding carboxylic acids is 3. The SMILES string of the molecule is CCC(C)C(N)C(=O)NCC(=O)NC(Cc1ccccc1)C(=O)NC(Cc1c[nH]c2ccccc12)C(=O)O. The van der Waals surface area contributed by atoms with Gasteiger partial charge in [0.1, 0.15) is 12.1 Å². The van der Waals surface area contributed by atoms with Crippen LogP contribution in [-0.4, -0.2) is 58.5 Å². The topological polar surface area (TPSA) is 166 Å². The van der Waals surface area contributed by atoms with Crippen molar-refractivity contribution >= 4 is 34.6 Å². The van der Waals surface area contributed by atoms with Crippen LogP contribution in [0, 0.1) is 5.92 Å². The highest BCUT2D eigenvalue weighted by Gasteiger charge is 2.28. The van der Waals surface area contributed by atoms with Crippen LogP contribution < -0.4 is 21.7 Å². The summed E-state index contributed by atoms with van der Waals surface area (Å²) < 4.78 is 0. The number of aliphatic carboxylic acids is 1. The molecule has 3 amide bonds. The first-order valence-corrected chi connectivity index (χ1v) is 12.6. The van der Waals surface area contributed by atoms with Gasteiger partial charge in [-0.15, -0.1) is 0 Å². The zero-order valence-corrected chi connectivity index (χ0v) is 21.6. The van der Waals surface area contributed by atoms with E-state index in [4.69, 9.17) is 5.73 Å². The summed E-state index contributed by atoms with van der Waals surface area (Å²) in [5, 5.41) is 18.4. The lowest BCUT2D eigenvalue weighted by atomic mass is 9.99. The van der Waals surface area contributed by atoms with E-state index in [-0.39, 0.29) is 25.3 Å². The van der Waals surface area contributed by atoms with Crippen LogP contribution in [0.5, 0.6) is 0 Å². The maximum atomic E-state index is 13.3. The number of rotatable bonds is 13. The van der Waals surface area contributed by atoms with E-state index in [1.54, 1.807) is 30.5 Å². The smallest absolute Gasteiger partial charge is 0.326 e. The second-order valence-corrected chi connectivity index (χ2v) is 9.40. The Labute approximate surface area is 221 Å². The molecular weight excluding hydrogens is 486 g/mol. The number of aromatic amines is 1. The fourth-order valence-electron chi connectivity index (χ4n) is 4.09. The van der Waals surface area contributed by atoms with Gasteiger partial charge in [-0.3, -0.25) is 14.4 Å². The molecule has 0 saturated heterocycles. The van der Waals surface area contributed by atoms with Gasteiger partial charge < -0.3 is 31.8 Å². The summed E-state index contributed by atoms with van der Waals surface area (Å²) in [6.07, 6.45) is 2.63. The van der Waals surface area contributed by atoms with Gasteiger partial charge in [-0.05, 0) is 23.1 Å². The molecule has 0 aliphatic heterocycles. The second-order valence-electron chi connectivity index (χ2n) is 9.40. The number of para-hydroxylation sites is 1. The van der Waals surface area contributed by atoms with Crippen LogP contribution in [0.1, 0.15) is 31.4 Å². The Bertz CT molecular complexity index is 1260. The van der Waals surface area contributed by atoms with E-state index >= 15 is 0 Å². The number of amides is 3. The van der Waals surface area contributed by atoms with E-state index in [0.29, 0.717) is 6.42 Å². The van der Waals surface area contributed by atoms with Gasteiger partial charge in [0, 0.05) is 29.9 Å². The molecule has 0 saturated carbocycles. The van der Waals surface area contributed by atoms with Crippen molar-refractivity contribution in [3.63, 3.8) is 0 Å². The molecule has 3 rings (SSSR count). The minimum Gasteiger partial charge on any atom is -0.480 e. The first kappa shape index (κ1) is 28.4. The number of fused-ring (bicyclic) bond motifs is 1. The molecule has 1 aromatic heterocycles. The average Bonchev–Trinajstić information content (AvgIpc) is 3.33. The lowest BCUT2D eigenvalue weighted by Gasteiger charge is -2.22. The third-order valence-electron chi connectivity index (χ3n) is 6.63. The molecule has 7 N–H and O–H groups in total. The van der Waals surface area contributed by atoms with Crippen molar-refractivity contribution in [1.82, 2.24) is 20.9 Å². The summed E-state index contributed by atoms with van der Waals surface area (Å²) in [5.41, 5.74) is 8.30. The summed E-state index contributed by atoms with van der Waals surface area (Å²) in [5.74, 6) is -2.94. The summed E-state index contributed by atoms with van der Waals surface area (Å²) >= 11 is 0. The predicted molar refractivity (Wildman–Crippen MR) is 144 cm³/mol. The fraction of sp³-hybridized carbons (Fsp3) is 0.357. The zero-order chi connectivity index (χ0) is 27.7. The second kappa shape index (κ2) is 13.4. The highest BCUT2D eigenvalue weighted by molar-refractivity contribution is 5.93. The summed E-state index contributed by atoms with van der Waals surface area (Å²) in [6, 6.07) is 13.5. The van der Waals surface area contributed by atoms with Gasteiger partial charge in [-0.2, -0.15) is 0 Å². The number of aromatic nitrogens is 1. The molecule has 10 nitrogen and oxygen atoms in total. The zero-order valence-electron chi connectivity index (χ0n) is 21.6. The number of carbonyl (C=O) groups is 4. The Morgan fingerprint density at radius 2 is 1.61 bits per heavy atom. The van der Waals surface area contributed by atoms with Crippen molar-refractivity contribution < 1.29 is 24.3 Å². The van der Waals surface area contributed by atoms with Gasteiger partial charge in [0.15, 0.2) is 0 Å². The van der Waals surface area contributed by atoms with Gasteiger partial charge in [-0.25, -0.2) is 4.79 Å². The molecule has 38 heavy (non-hydrogen) atoms. The Balaban J connectivity index is 1.70. The van der Waals surface area contributed by atoms with Gasteiger partial charge in [-0.1, -0.05) is 68.8 Å². The van der Waals surface area contributed by atoms with E-state index < -0.39 is 41.8 Å². The largest absolute Gasteiger partial charge is 0.480 e. The number of nitrogens with two attached hydrogens (primary N) is 1. The van der Waals surface area contributed by atoms with E-state index in [1.165, 1.54) is 0 Å². The van der Waals surface area contributed by atoms with Crippen molar-refractivity contribution in [2.75, 3.05) is 6.54 Å². The number of nitrogens with one attached hydrogen (secondary N) is 4. The maximum Gasteiger partial charge on any atom is 0.326 e. The quantitative estimate of drug-likeness (QED) is 0.199. The maximum absolute atomic E-state index is 13.3. The molecule has 202 valence electrons. The van der Waals surface area contributed by atoms with Gasteiger partial charge in [0.25, 0.3) is 0 Å². The normalized spacial score (nSPS) is 14.2. The fourth-order valence-corrected chi connectivity index (χ4v) is 4.09. The number of hydrogen-bond donors (Lipinski definition) is 6. The number of carboxylic acids is 1. The molecule has 0 fully saturated rings. The minimum atomic E-state index is -1.22. The summed E-state index contributed by atoms with van der Waals surface area (Å²) in [6.45, 7) is 3.40. The minimum absolute atomic E-state index is 0.0558. The van der Waals surface area contributed by atoms with Crippen LogP contribution >= 0.6 is 0 Å². The molecular formula is C28H35N5O5. The van der Waals surface area contributed by atoms with Crippen LogP contribution in [0.2, 0.25) is 0 Å². The molecule has 1 heterocycles. The molecule has 0 aliphatic carbocycles. The van der Waals surface area contributed by atoms with Crippen LogP contribution in [0.4, 0.5) is 0 Å². The lowest BCUT2D eigenvalue weighted by Crippen LogP contribution is -2.55. The molecule has 0 spiro atoms. The lowest BCUT2D eigenvalue weighted by molar-refractivity contribution is -0.142. The third kappa shape index (κ3) is 7.66. The molecule has 4 unspecified atom stereocenters. The highest BCUT2D eigenvalue weighted by Crippen LogP contribution is 2.19. The number of benzene rings is 2. The van der Waals surface area contributed by atoms with Gasteiger partial charge >= 0.3 is 5.97 Å². The predicted octanol–water partition coefficient (Wildman–Crippen LogP) is 1.50. The van der Waals surface area contributed by atoms with E-state index in [0.717, 1.165) is 22.0 Å². The highest BCUT2D eigenvalue weighted by atomic mass is 16.4. The number of hydrogen-bond acceptors (Lipinski definition) is 5. The standard InChI is InChI=1S/C28H35N5O5/c1-3-17(2)25(29)27(36)31-16-24(34)32-22(13-18-9-5-4-6-10-18)26(35)33-23(28(37)38)14-19-15-30-21-12-8-7-11-20(19)21/h4-12,15,17,22-23,25,30H,3,13-14,16,29H2,1-2H3,(H,31,36)(H,32,34)(H,33,35)(H,37,38). The third-order valence-corrected chi connectivity index (χ3v) is 6.63. The molecule has 10 heteroatoms. The first-order chi connectivity index (χ1) is 18.2. The van der Waals surface area contributed by atoms with Crippen molar-refractivity contribution in [2.45, 2.75) is 51.2 Å². The van der Waals surface area contributed by atoms with Crippen molar-refractivity contribution in [2.24, 2.45) is 11.7 Å². The van der Waals surface area contributed by atoms with Crippen LogP contribution in [-0.2, 0) is 32.0 Å². The summed E-state index contributed by atoms with van der Waals surface area (Å²) in [4.78, 5) is 53.3. The molecule has 2 aromatic carbocycles.